The van der Waals surface area contributed by atoms with Crippen LogP contribution in [0.3, 0.4) is 0 Å². The molecule has 1 aromatic heterocycles. The summed E-state index contributed by atoms with van der Waals surface area (Å²) in [6.07, 6.45) is 6.88. The number of hydrogen-bond acceptors (Lipinski definition) is 5. The second kappa shape index (κ2) is 8.72. The van der Waals surface area contributed by atoms with Gasteiger partial charge < -0.3 is 19.7 Å². The summed E-state index contributed by atoms with van der Waals surface area (Å²) in [5.74, 6) is 2.66. The van der Waals surface area contributed by atoms with E-state index in [1.54, 1.807) is 0 Å². The normalized spacial score (nSPS) is 20.1. The SMILES string of the molecule is CC(=O)N[C@@H](C)c1ccc(OC2CCN(c3ccc(OC4CCC4)cn3)C2)cc1. The average molecular weight is 396 g/mol. The van der Waals surface area contributed by atoms with Crippen LogP contribution in [0.1, 0.15) is 51.1 Å². The number of pyridine rings is 1. The maximum atomic E-state index is 11.2. The Kier molecular flexibility index (Phi) is 5.88. The van der Waals surface area contributed by atoms with Gasteiger partial charge in [-0.2, -0.15) is 0 Å². The Morgan fingerprint density at radius 2 is 1.79 bits per heavy atom. The van der Waals surface area contributed by atoms with Crippen molar-refractivity contribution in [1.29, 1.82) is 0 Å². The average Bonchev–Trinajstić information content (AvgIpc) is 3.14. The lowest BCUT2D eigenvalue weighted by molar-refractivity contribution is -0.119. The highest BCUT2D eigenvalue weighted by molar-refractivity contribution is 5.73. The molecule has 1 aliphatic heterocycles. The Hall–Kier alpha value is -2.76. The molecule has 1 aliphatic carbocycles. The van der Waals surface area contributed by atoms with Crippen molar-refractivity contribution in [3.05, 3.63) is 48.2 Å². The minimum absolute atomic E-state index is 0.00848. The van der Waals surface area contributed by atoms with E-state index in [2.05, 4.69) is 15.2 Å². The van der Waals surface area contributed by atoms with Crippen LogP contribution in [-0.2, 0) is 4.79 Å². The Morgan fingerprint density at radius 1 is 1.07 bits per heavy atom. The standard InChI is InChI=1S/C23H29N3O3/c1-16(25-17(2)27)18-6-8-20(9-7-18)29-22-12-13-26(15-22)23-11-10-21(14-24-23)28-19-4-3-5-19/h6-11,14,16,19,22H,3-5,12-13,15H2,1-2H3,(H,25,27)/t16-,22?/m0/s1. The van der Waals surface area contributed by atoms with E-state index in [1.807, 2.05) is 49.5 Å². The van der Waals surface area contributed by atoms with Gasteiger partial charge in [0.15, 0.2) is 0 Å². The van der Waals surface area contributed by atoms with Crippen molar-refractivity contribution >= 4 is 11.7 Å². The summed E-state index contributed by atoms with van der Waals surface area (Å²) in [5, 5.41) is 2.89. The number of amides is 1. The van der Waals surface area contributed by atoms with Gasteiger partial charge in [-0.05, 0) is 56.0 Å². The maximum absolute atomic E-state index is 11.2. The molecule has 2 atom stereocenters. The molecule has 6 nitrogen and oxygen atoms in total. The third kappa shape index (κ3) is 5.00. The number of anilines is 1. The number of nitrogens with zero attached hydrogens (tertiary/aromatic N) is 2. The van der Waals surface area contributed by atoms with Crippen molar-refractivity contribution in [3.8, 4) is 11.5 Å². The topological polar surface area (TPSA) is 63.7 Å². The molecule has 154 valence electrons. The molecule has 2 aromatic rings. The van der Waals surface area contributed by atoms with Crippen LogP contribution < -0.4 is 19.7 Å². The van der Waals surface area contributed by atoms with Crippen molar-refractivity contribution < 1.29 is 14.3 Å². The number of carbonyl (C=O) groups excluding carboxylic acids is 1. The van der Waals surface area contributed by atoms with Gasteiger partial charge in [0.05, 0.1) is 24.9 Å². The molecular weight excluding hydrogens is 366 g/mol. The van der Waals surface area contributed by atoms with E-state index in [1.165, 1.54) is 13.3 Å². The largest absolute Gasteiger partial charge is 0.489 e. The molecule has 1 saturated heterocycles. The second-order valence-corrected chi connectivity index (χ2v) is 7.99. The van der Waals surface area contributed by atoms with E-state index < -0.39 is 0 Å². The number of hydrogen-bond donors (Lipinski definition) is 1. The highest BCUT2D eigenvalue weighted by Gasteiger charge is 2.25. The minimum Gasteiger partial charge on any atom is -0.489 e. The van der Waals surface area contributed by atoms with Gasteiger partial charge >= 0.3 is 0 Å². The molecule has 1 aromatic carbocycles. The lowest BCUT2D eigenvalue weighted by Gasteiger charge is -2.26. The first-order chi connectivity index (χ1) is 14.1. The fraction of sp³-hybridized carbons (Fsp3) is 0.478. The molecule has 0 radical (unpaired) electrons. The summed E-state index contributed by atoms with van der Waals surface area (Å²) in [6, 6.07) is 12.0. The smallest absolute Gasteiger partial charge is 0.217 e. The molecule has 1 unspecified atom stereocenters. The zero-order chi connectivity index (χ0) is 20.2. The fourth-order valence-corrected chi connectivity index (χ4v) is 3.76. The quantitative estimate of drug-likeness (QED) is 0.771. The van der Waals surface area contributed by atoms with E-state index in [9.17, 15) is 4.79 Å². The van der Waals surface area contributed by atoms with Gasteiger partial charge in [0.1, 0.15) is 23.4 Å². The van der Waals surface area contributed by atoms with Crippen LogP contribution in [0, 0.1) is 0 Å². The van der Waals surface area contributed by atoms with E-state index in [4.69, 9.17) is 9.47 Å². The summed E-state index contributed by atoms with van der Waals surface area (Å²) in [4.78, 5) is 18.0. The van der Waals surface area contributed by atoms with Crippen molar-refractivity contribution in [1.82, 2.24) is 10.3 Å². The van der Waals surface area contributed by atoms with Crippen molar-refractivity contribution in [2.24, 2.45) is 0 Å². The molecule has 4 rings (SSSR count). The van der Waals surface area contributed by atoms with E-state index >= 15 is 0 Å². The predicted octanol–water partition coefficient (Wildman–Crippen LogP) is 3.87. The first-order valence-electron chi connectivity index (χ1n) is 10.5. The number of rotatable bonds is 7. The maximum Gasteiger partial charge on any atom is 0.217 e. The van der Waals surface area contributed by atoms with Gasteiger partial charge in [0.2, 0.25) is 5.91 Å². The molecular formula is C23H29N3O3. The molecule has 0 bridgehead atoms. The van der Waals surface area contributed by atoms with Crippen molar-refractivity contribution in [2.75, 3.05) is 18.0 Å². The Balaban J connectivity index is 1.29. The zero-order valence-corrected chi connectivity index (χ0v) is 17.1. The Bertz CT molecular complexity index is 818. The fourth-order valence-electron chi connectivity index (χ4n) is 3.76. The third-order valence-electron chi connectivity index (χ3n) is 5.65. The van der Waals surface area contributed by atoms with E-state index in [-0.39, 0.29) is 18.1 Å². The monoisotopic (exact) mass is 395 g/mol. The Morgan fingerprint density at radius 3 is 2.41 bits per heavy atom. The first-order valence-corrected chi connectivity index (χ1v) is 10.5. The lowest BCUT2D eigenvalue weighted by atomic mass is 9.96. The van der Waals surface area contributed by atoms with Crippen LogP contribution in [-0.4, -0.2) is 36.2 Å². The van der Waals surface area contributed by atoms with Gasteiger partial charge in [-0.1, -0.05) is 12.1 Å². The number of carbonyl (C=O) groups is 1. The van der Waals surface area contributed by atoms with Gasteiger partial charge in [0.25, 0.3) is 0 Å². The molecule has 1 amide bonds. The summed E-state index contributed by atoms with van der Waals surface area (Å²) in [7, 11) is 0. The molecule has 2 fully saturated rings. The molecule has 1 N–H and O–H groups in total. The summed E-state index contributed by atoms with van der Waals surface area (Å²) < 4.78 is 12.0. The molecule has 6 heteroatoms. The van der Waals surface area contributed by atoms with E-state index in [0.29, 0.717) is 6.10 Å². The van der Waals surface area contributed by atoms with Crippen LogP contribution in [0.5, 0.6) is 11.5 Å². The number of aromatic nitrogens is 1. The number of benzene rings is 1. The third-order valence-corrected chi connectivity index (χ3v) is 5.65. The van der Waals surface area contributed by atoms with Crippen LogP contribution in [0.15, 0.2) is 42.6 Å². The molecule has 29 heavy (non-hydrogen) atoms. The van der Waals surface area contributed by atoms with Crippen LogP contribution >= 0.6 is 0 Å². The van der Waals surface area contributed by atoms with Gasteiger partial charge in [0, 0.05) is 19.9 Å². The summed E-state index contributed by atoms with van der Waals surface area (Å²) in [6.45, 7) is 5.25. The first kappa shape index (κ1) is 19.6. The number of nitrogens with one attached hydrogen (secondary N) is 1. The summed E-state index contributed by atoms with van der Waals surface area (Å²) in [5.41, 5.74) is 1.06. The lowest BCUT2D eigenvalue weighted by Crippen LogP contribution is -2.26. The minimum atomic E-state index is -0.0277. The number of ether oxygens (including phenoxy) is 2. The highest BCUT2D eigenvalue weighted by Crippen LogP contribution is 2.27. The molecule has 2 aliphatic rings. The van der Waals surface area contributed by atoms with Gasteiger partial charge in [-0.15, -0.1) is 0 Å². The van der Waals surface area contributed by atoms with Crippen molar-refractivity contribution in [3.63, 3.8) is 0 Å². The highest BCUT2D eigenvalue weighted by atomic mass is 16.5. The summed E-state index contributed by atoms with van der Waals surface area (Å²) >= 11 is 0. The molecule has 2 heterocycles. The van der Waals surface area contributed by atoms with Crippen molar-refractivity contribution in [2.45, 2.75) is 57.8 Å². The Labute approximate surface area is 172 Å². The van der Waals surface area contributed by atoms with Gasteiger partial charge in [-0.3, -0.25) is 4.79 Å². The predicted molar refractivity (Wildman–Crippen MR) is 112 cm³/mol. The zero-order valence-electron chi connectivity index (χ0n) is 17.1. The second-order valence-electron chi connectivity index (χ2n) is 7.99. The molecule has 0 spiro atoms. The van der Waals surface area contributed by atoms with Crippen LogP contribution in [0.2, 0.25) is 0 Å². The van der Waals surface area contributed by atoms with Crippen LogP contribution in [0.4, 0.5) is 5.82 Å². The van der Waals surface area contributed by atoms with E-state index in [0.717, 1.165) is 55.2 Å². The van der Waals surface area contributed by atoms with Crippen LogP contribution in [0.25, 0.3) is 0 Å². The van der Waals surface area contributed by atoms with Gasteiger partial charge in [-0.25, -0.2) is 4.98 Å². The molecule has 1 saturated carbocycles.